The second-order valence-corrected chi connectivity index (χ2v) is 26.4. The van der Waals surface area contributed by atoms with Crippen molar-refractivity contribution in [3.05, 3.63) is 143 Å². The van der Waals surface area contributed by atoms with E-state index in [-0.39, 0.29) is 60.9 Å². The van der Waals surface area contributed by atoms with Gasteiger partial charge in [-0.2, -0.15) is 10.5 Å². The average Bonchev–Trinajstić information content (AvgIpc) is 3.19. The molecule has 0 unspecified atom stereocenters. The van der Waals surface area contributed by atoms with Gasteiger partial charge in [0.1, 0.15) is 54.5 Å². The largest absolute Gasteiger partial charge is 0.457 e. The van der Waals surface area contributed by atoms with E-state index < -0.39 is 68.8 Å². The molecule has 6 aromatic carbocycles. The van der Waals surface area contributed by atoms with Crippen molar-refractivity contribution >= 4 is 35.8 Å². The first kappa shape index (κ1) is 50.4. The third-order valence-electron chi connectivity index (χ3n) is 11.0. The summed E-state index contributed by atoms with van der Waals surface area (Å²) in [5, 5.41) is 20.0. The average molecular weight is 951 g/mol. The second-order valence-electron chi connectivity index (χ2n) is 20.9. The molecule has 0 amide bonds. The lowest BCUT2D eigenvalue weighted by Gasteiger charge is -2.40. The van der Waals surface area contributed by atoms with Gasteiger partial charge in [0.2, 0.25) is 0 Å². The number of ether oxygens (including phenoxy) is 1. The van der Waals surface area contributed by atoms with Crippen LogP contribution in [0, 0.1) is 50.5 Å². The summed E-state index contributed by atoms with van der Waals surface area (Å²) in [6, 6.07) is 28.0. The number of rotatable bonds is 12. The Balaban J connectivity index is 1.53. The number of nitrogens with zero attached hydrogens (tertiary/aromatic N) is 2. The van der Waals surface area contributed by atoms with Gasteiger partial charge in [-0.3, -0.25) is 4.79 Å². The molecule has 0 fully saturated rings. The van der Waals surface area contributed by atoms with Crippen molar-refractivity contribution in [1.82, 2.24) is 0 Å². The van der Waals surface area contributed by atoms with Crippen LogP contribution in [-0.4, -0.2) is 43.9 Å². The summed E-state index contributed by atoms with van der Waals surface area (Å²) < 4.78 is 111. The summed E-state index contributed by atoms with van der Waals surface area (Å²) in [7, 11) is -11.5. The van der Waals surface area contributed by atoms with Gasteiger partial charge >= 0.3 is 0 Å². The van der Waals surface area contributed by atoms with E-state index >= 15 is 4.39 Å². The Morgan fingerprint density at radius 1 is 0.642 bits per heavy atom. The van der Waals surface area contributed by atoms with E-state index in [0.717, 1.165) is 18.2 Å². The molecule has 0 spiro atoms. The molecule has 0 bridgehead atoms. The fraction of sp³-hybridized carbons (Fsp3) is 0.302. The van der Waals surface area contributed by atoms with Crippen molar-refractivity contribution in [2.45, 2.75) is 84.9 Å². The van der Waals surface area contributed by atoms with Crippen LogP contribution in [-0.2, 0) is 25.7 Å². The first-order valence-electron chi connectivity index (χ1n) is 21.5. The normalized spacial score (nSPS) is 13.7. The van der Waals surface area contributed by atoms with Gasteiger partial charge in [0.25, 0.3) is 0 Å². The van der Waals surface area contributed by atoms with Gasteiger partial charge in [0, 0.05) is 27.6 Å². The van der Waals surface area contributed by atoms with Crippen LogP contribution in [0.1, 0.15) is 101 Å². The van der Waals surface area contributed by atoms with E-state index in [1.54, 1.807) is 65.8 Å². The molecular formula is C53H56F2N2O8S2. The molecule has 0 aromatic heterocycles. The molecule has 67 heavy (non-hydrogen) atoms. The van der Waals surface area contributed by atoms with Crippen LogP contribution in [0.5, 0.6) is 11.5 Å². The van der Waals surface area contributed by atoms with Crippen LogP contribution in [0.3, 0.4) is 0 Å². The number of carbonyl (C=O) groups is 1. The van der Waals surface area contributed by atoms with Crippen LogP contribution in [0.25, 0.3) is 33.0 Å². The predicted molar refractivity (Wildman–Crippen MR) is 260 cm³/mol. The third-order valence-corrected chi connectivity index (χ3v) is 16.2. The second kappa shape index (κ2) is 17.3. The van der Waals surface area contributed by atoms with Gasteiger partial charge in [0.05, 0.1) is 32.4 Å². The summed E-state index contributed by atoms with van der Waals surface area (Å²) in [5.41, 5.74) is -0.722. The quantitative estimate of drug-likeness (QED) is 0.0859. The maximum Gasteiger partial charge on any atom is 0.193 e. The number of ketones is 1. The minimum absolute atomic E-state index is 0.0220. The molecule has 0 saturated carbocycles. The standard InChI is InChI=1S/C53H56F2N2O8S2/c1-51(2,3)23-22-35-24-36(50(58)43-26-34(39-12-10-14-46(54)44(39)29-56)17-20-41(43)40-13-11-15-47(55)45(40)30-57)18-21-48(35)65-37-19-16-33-25-38(66(59,60,61)31-52(4,5)6)28-49(42(33)27-37)67(62,63,64)32-53(7,8)9/h10-21,24-28H,22-23,31-32H2,1-9H3,(H2,59,60,61)(H2,62,63,64). The molecule has 0 aliphatic heterocycles. The number of benzene rings is 6. The first-order chi connectivity index (χ1) is 30.7. The lowest BCUT2D eigenvalue weighted by atomic mass is 9.86. The molecule has 6 rings (SSSR count). The molecule has 0 atom stereocenters. The zero-order valence-electron chi connectivity index (χ0n) is 39.0. The molecule has 0 heterocycles. The molecule has 10 nitrogen and oxygen atoms in total. The van der Waals surface area contributed by atoms with E-state index in [1.165, 1.54) is 60.7 Å². The Labute approximate surface area is 390 Å². The first-order valence-corrected chi connectivity index (χ1v) is 25.6. The van der Waals surface area contributed by atoms with Crippen molar-refractivity contribution in [2.24, 2.45) is 16.2 Å². The molecule has 0 saturated heterocycles. The Kier molecular flexibility index (Phi) is 13.0. The highest BCUT2D eigenvalue weighted by atomic mass is 32.3. The Bertz CT molecular complexity index is 3210. The summed E-state index contributed by atoms with van der Waals surface area (Å²) >= 11 is 0. The lowest BCUT2D eigenvalue weighted by Crippen LogP contribution is -2.43. The molecule has 0 radical (unpaired) electrons. The van der Waals surface area contributed by atoms with Crippen LogP contribution < -0.4 is 4.74 Å². The van der Waals surface area contributed by atoms with E-state index in [1.807, 2.05) is 32.9 Å². The number of hydrogen-bond donors (Lipinski definition) is 4. The van der Waals surface area contributed by atoms with Crippen LogP contribution in [0.15, 0.2) is 113 Å². The highest BCUT2D eigenvalue weighted by molar-refractivity contribution is 8.11. The zero-order valence-corrected chi connectivity index (χ0v) is 40.7. The van der Waals surface area contributed by atoms with Gasteiger partial charge < -0.3 is 22.9 Å². The van der Waals surface area contributed by atoms with E-state index in [9.17, 15) is 46.3 Å². The number of carbonyl (C=O) groups excluding carboxylic acids is 1. The monoisotopic (exact) mass is 950 g/mol. The number of nitriles is 2. The number of hydrogen-bond acceptors (Lipinski definition) is 6. The smallest absolute Gasteiger partial charge is 0.193 e. The summed E-state index contributed by atoms with van der Waals surface area (Å²) in [6.45, 7) is 16.1. The molecule has 352 valence electrons. The van der Waals surface area contributed by atoms with Gasteiger partial charge in [0.15, 0.2) is 5.78 Å². The minimum atomic E-state index is -5.81. The Morgan fingerprint density at radius 3 is 1.81 bits per heavy atom. The minimum Gasteiger partial charge on any atom is -0.457 e. The van der Waals surface area contributed by atoms with Gasteiger partial charge in [-0.15, -0.1) is 0 Å². The van der Waals surface area contributed by atoms with Crippen LogP contribution in [0.2, 0.25) is 0 Å². The number of halogens is 2. The number of aryl methyl sites for hydroxylation is 1. The molecule has 0 aliphatic carbocycles. The van der Waals surface area contributed by atoms with Crippen LogP contribution >= 0.6 is 0 Å². The van der Waals surface area contributed by atoms with Crippen molar-refractivity contribution in [2.75, 3.05) is 11.5 Å². The van der Waals surface area contributed by atoms with Gasteiger partial charge in [-0.05, 0) is 112 Å². The molecule has 6 aromatic rings. The van der Waals surface area contributed by atoms with Gasteiger partial charge in [-0.1, -0.05) is 105 Å². The lowest BCUT2D eigenvalue weighted by molar-refractivity contribution is 0.103. The summed E-state index contributed by atoms with van der Waals surface area (Å²) in [5.74, 6) is -2.86. The van der Waals surface area contributed by atoms with E-state index in [4.69, 9.17) is 4.74 Å². The van der Waals surface area contributed by atoms with E-state index in [2.05, 4.69) is 0 Å². The van der Waals surface area contributed by atoms with Crippen molar-refractivity contribution in [3.63, 3.8) is 0 Å². The summed E-state index contributed by atoms with van der Waals surface area (Å²) in [6.07, 6.45) is 1.03. The maximum atomic E-state index is 15.1. The molecular weight excluding hydrogens is 895 g/mol. The highest BCUT2D eigenvalue weighted by Gasteiger charge is 2.43. The molecule has 0 aliphatic rings. The Morgan fingerprint density at radius 2 is 1.22 bits per heavy atom. The third kappa shape index (κ3) is 11.4. The van der Waals surface area contributed by atoms with Crippen molar-refractivity contribution in [1.29, 1.82) is 10.5 Å². The Hall–Kier alpha value is -5.97. The van der Waals surface area contributed by atoms with Crippen molar-refractivity contribution in [3.8, 4) is 45.9 Å². The van der Waals surface area contributed by atoms with E-state index in [0.29, 0.717) is 29.7 Å². The molecule has 14 heteroatoms. The fourth-order valence-electron chi connectivity index (χ4n) is 8.32. The van der Waals surface area contributed by atoms with Crippen molar-refractivity contribution < 1.29 is 44.9 Å². The van der Waals surface area contributed by atoms with Crippen LogP contribution in [0.4, 0.5) is 8.78 Å². The highest BCUT2D eigenvalue weighted by Crippen LogP contribution is 2.46. The predicted octanol–water partition coefficient (Wildman–Crippen LogP) is 13.5. The number of fused-ring (bicyclic) bond motifs is 1. The summed E-state index contributed by atoms with van der Waals surface area (Å²) in [4.78, 5) is 13.8. The maximum absolute atomic E-state index is 15.1. The van der Waals surface area contributed by atoms with Gasteiger partial charge in [-0.25, -0.2) is 17.2 Å². The zero-order chi connectivity index (χ0) is 49.8. The molecule has 4 N–H and O–H groups in total. The SMILES string of the molecule is CC(C)(C)CCc1cc(C(=O)c2cc(-c3cccc(F)c3C#N)ccc2-c2cccc(F)c2C#N)ccc1Oc1ccc2cc(S(=O)(O)(O)CC(C)(C)C)cc(S(=O)(O)(O)CC(C)(C)C)c2c1. The topological polar surface area (TPSA) is 189 Å². The fourth-order valence-corrected chi connectivity index (χ4v) is 13.5.